The highest BCUT2D eigenvalue weighted by Gasteiger charge is 2.37. The van der Waals surface area contributed by atoms with Crippen molar-refractivity contribution >= 4 is 17.8 Å². The van der Waals surface area contributed by atoms with E-state index in [4.69, 9.17) is 9.15 Å². The Labute approximate surface area is 181 Å². The first-order valence-corrected chi connectivity index (χ1v) is 11.0. The average Bonchev–Trinajstić information content (AvgIpc) is 3.35. The average molecular weight is 424 g/mol. The van der Waals surface area contributed by atoms with E-state index < -0.39 is 12.0 Å². The molecule has 31 heavy (non-hydrogen) atoms. The Morgan fingerprint density at radius 2 is 1.81 bits per heavy atom. The number of benzene rings is 1. The number of furan rings is 1. The Hall–Kier alpha value is -3.09. The topological polar surface area (TPSA) is 88.9 Å². The summed E-state index contributed by atoms with van der Waals surface area (Å²) in [7, 11) is 0. The maximum absolute atomic E-state index is 12.9. The smallest absolute Gasteiger partial charge is 0.329 e. The van der Waals surface area contributed by atoms with E-state index >= 15 is 0 Å². The van der Waals surface area contributed by atoms with Crippen molar-refractivity contribution in [3.63, 3.8) is 0 Å². The summed E-state index contributed by atoms with van der Waals surface area (Å²) in [5, 5.41) is 2.87. The molecular formula is C24H28N2O5. The Bertz CT molecular complexity index is 918. The number of ether oxygens (including phenoxy) is 1. The van der Waals surface area contributed by atoms with Crippen LogP contribution < -0.4 is 5.32 Å². The van der Waals surface area contributed by atoms with Crippen molar-refractivity contribution in [1.82, 2.24) is 10.2 Å². The van der Waals surface area contributed by atoms with E-state index in [1.807, 2.05) is 24.3 Å². The van der Waals surface area contributed by atoms with Crippen molar-refractivity contribution < 1.29 is 23.5 Å². The minimum absolute atomic E-state index is 0.169. The normalized spacial score (nSPS) is 18.8. The fourth-order valence-corrected chi connectivity index (χ4v) is 4.42. The Kier molecular flexibility index (Phi) is 6.70. The minimum atomic E-state index is -0.807. The van der Waals surface area contributed by atoms with Crippen LogP contribution in [0.4, 0.5) is 0 Å². The predicted octanol–water partition coefficient (Wildman–Crippen LogP) is 3.09. The van der Waals surface area contributed by atoms with Gasteiger partial charge in [0.25, 0.3) is 11.8 Å². The van der Waals surface area contributed by atoms with Crippen molar-refractivity contribution in [3.8, 4) is 0 Å². The fourth-order valence-electron chi connectivity index (χ4n) is 4.42. The highest BCUT2D eigenvalue weighted by molar-refractivity contribution is 5.95. The molecule has 2 aliphatic rings. The van der Waals surface area contributed by atoms with Gasteiger partial charge in [-0.2, -0.15) is 0 Å². The lowest BCUT2D eigenvalue weighted by Crippen LogP contribution is -2.49. The van der Waals surface area contributed by atoms with Crippen LogP contribution in [0.25, 0.3) is 0 Å². The summed E-state index contributed by atoms with van der Waals surface area (Å²) >= 11 is 0. The highest BCUT2D eigenvalue weighted by atomic mass is 16.5. The lowest BCUT2D eigenvalue weighted by molar-refractivity contribution is -0.153. The van der Waals surface area contributed by atoms with E-state index in [0.29, 0.717) is 18.9 Å². The predicted molar refractivity (Wildman–Crippen MR) is 113 cm³/mol. The zero-order valence-corrected chi connectivity index (χ0v) is 17.5. The number of carbonyl (C=O) groups is 3. The molecule has 0 spiro atoms. The van der Waals surface area contributed by atoms with Gasteiger partial charge in [0.1, 0.15) is 6.04 Å². The van der Waals surface area contributed by atoms with E-state index in [-0.39, 0.29) is 30.7 Å². The van der Waals surface area contributed by atoms with Crippen LogP contribution in [-0.4, -0.2) is 41.9 Å². The SMILES string of the molecule is O=C(COC(=O)[C@@H]1Cc2ccccc2CN1C(=O)c1ccco1)NCC1CCCCC1. The first-order valence-electron chi connectivity index (χ1n) is 11.0. The van der Waals surface area contributed by atoms with Gasteiger partial charge in [-0.3, -0.25) is 9.59 Å². The molecule has 1 aliphatic heterocycles. The van der Waals surface area contributed by atoms with Crippen LogP contribution >= 0.6 is 0 Å². The van der Waals surface area contributed by atoms with E-state index in [9.17, 15) is 14.4 Å². The summed E-state index contributed by atoms with van der Waals surface area (Å²) < 4.78 is 10.6. The molecule has 1 aliphatic carbocycles. The van der Waals surface area contributed by atoms with Crippen molar-refractivity contribution in [3.05, 3.63) is 59.5 Å². The van der Waals surface area contributed by atoms with Crippen molar-refractivity contribution in [2.24, 2.45) is 5.92 Å². The molecule has 2 aromatic rings. The zero-order chi connectivity index (χ0) is 21.6. The summed E-state index contributed by atoms with van der Waals surface area (Å²) in [4.78, 5) is 39.5. The van der Waals surface area contributed by atoms with Crippen molar-refractivity contribution in [2.45, 2.75) is 51.1 Å². The molecule has 1 aromatic carbocycles. The van der Waals surface area contributed by atoms with Gasteiger partial charge in [0.05, 0.1) is 6.26 Å². The van der Waals surface area contributed by atoms with Gasteiger partial charge in [0, 0.05) is 19.5 Å². The molecule has 164 valence electrons. The number of hydrogen-bond donors (Lipinski definition) is 1. The third kappa shape index (κ3) is 5.16. The molecule has 0 saturated heterocycles. The van der Waals surface area contributed by atoms with Gasteiger partial charge in [0.15, 0.2) is 12.4 Å². The third-order valence-electron chi connectivity index (χ3n) is 6.17. The van der Waals surface area contributed by atoms with Crippen LogP contribution in [0.1, 0.15) is 53.8 Å². The van der Waals surface area contributed by atoms with Gasteiger partial charge in [0.2, 0.25) is 0 Å². The second-order valence-electron chi connectivity index (χ2n) is 8.31. The molecule has 0 unspecified atom stereocenters. The Morgan fingerprint density at radius 3 is 2.55 bits per heavy atom. The monoisotopic (exact) mass is 424 g/mol. The molecule has 1 aromatic heterocycles. The summed E-state index contributed by atoms with van der Waals surface area (Å²) in [5.74, 6) is -0.587. The maximum atomic E-state index is 12.9. The summed E-state index contributed by atoms with van der Waals surface area (Å²) in [5.41, 5.74) is 1.98. The number of hydrogen-bond acceptors (Lipinski definition) is 5. The first kappa shape index (κ1) is 21.2. The van der Waals surface area contributed by atoms with Crippen molar-refractivity contribution in [1.29, 1.82) is 0 Å². The fraction of sp³-hybridized carbons (Fsp3) is 0.458. The molecule has 2 amide bonds. The number of fused-ring (bicyclic) bond motifs is 1. The summed E-state index contributed by atoms with van der Waals surface area (Å²) in [6, 6.07) is 10.1. The molecule has 7 heteroatoms. The largest absolute Gasteiger partial charge is 0.459 e. The van der Waals surface area contributed by atoms with Gasteiger partial charge in [-0.25, -0.2) is 4.79 Å². The van der Waals surface area contributed by atoms with Gasteiger partial charge in [-0.05, 0) is 42.0 Å². The molecule has 4 rings (SSSR count). The number of esters is 1. The summed E-state index contributed by atoms with van der Waals surface area (Å²) in [6.07, 6.45) is 7.70. The van der Waals surface area contributed by atoms with Crippen LogP contribution in [-0.2, 0) is 27.3 Å². The first-order chi connectivity index (χ1) is 15.1. The van der Waals surface area contributed by atoms with Gasteiger partial charge < -0.3 is 19.4 Å². The molecule has 0 radical (unpaired) electrons. The van der Waals surface area contributed by atoms with Crippen LogP contribution in [0.15, 0.2) is 47.1 Å². The Morgan fingerprint density at radius 1 is 1.03 bits per heavy atom. The number of carbonyl (C=O) groups excluding carboxylic acids is 3. The molecule has 0 bridgehead atoms. The Balaban J connectivity index is 1.38. The van der Waals surface area contributed by atoms with E-state index in [1.165, 1.54) is 30.4 Å². The number of rotatable bonds is 6. The van der Waals surface area contributed by atoms with Crippen molar-refractivity contribution in [2.75, 3.05) is 13.2 Å². The zero-order valence-electron chi connectivity index (χ0n) is 17.5. The van der Waals surface area contributed by atoms with Gasteiger partial charge in [-0.1, -0.05) is 43.5 Å². The quantitative estimate of drug-likeness (QED) is 0.720. The molecule has 2 heterocycles. The second kappa shape index (κ2) is 9.81. The van der Waals surface area contributed by atoms with E-state index in [0.717, 1.165) is 24.0 Å². The van der Waals surface area contributed by atoms with Crippen LogP contribution in [0, 0.1) is 5.92 Å². The van der Waals surface area contributed by atoms with Gasteiger partial charge in [-0.15, -0.1) is 0 Å². The standard InChI is InChI=1S/C24H28N2O5/c27-22(25-14-17-7-2-1-3-8-17)16-31-24(29)20-13-18-9-4-5-10-19(18)15-26(20)23(28)21-11-6-12-30-21/h4-6,9-12,17,20H,1-3,7-8,13-16H2,(H,25,27)/t20-/m0/s1. The molecule has 1 fully saturated rings. The lowest BCUT2D eigenvalue weighted by Gasteiger charge is -2.34. The molecule has 1 atom stereocenters. The van der Waals surface area contributed by atoms with Gasteiger partial charge >= 0.3 is 5.97 Å². The lowest BCUT2D eigenvalue weighted by atomic mass is 9.89. The molecule has 7 nitrogen and oxygen atoms in total. The van der Waals surface area contributed by atoms with E-state index in [2.05, 4.69) is 5.32 Å². The maximum Gasteiger partial charge on any atom is 0.329 e. The minimum Gasteiger partial charge on any atom is -0.459 e. The summed E-state index contributed by atoms with van der Waals surface area (Å²) in [6.45, 7) is 0.562. The molecule has 1 saturated carbocycles. The van der Waals surface area contributed by atoms with Crippen LogP contribution in [0.5, 0.6) is 0 Å². The second-order valence-corrected chi connectivity index (χ2v) is 8.31. The number of nitrogens with zero attached hydrogens (tertiary/aromatic N) is 1. The number of amides is 2. The molecule has 1 N–H and O–H groups in total. The van der Waals surface area contributed by atoms with E-state index in [1.54, 1.807) is 12.1 Å². The van der Waals surface area contributed by atoms with Crippen LogP contribution in [0.3, 0.4) is 0 Å². The van der Waals surface area contributed by atoms with Crippen LogP contribution in [0.2, 0.25) is 0 Å². The molecular weight excluding hydrogens is 396 g/mol. The highest BCUT2D eigenvalue weighted by Crippen LogP contribution is 2.26. The number of nitrogens with one attached hydrogen (secondary N) is 1. The third-order valence-corrected chi connectivity index (χ3v) is 6.17.